The lowest BCUT2D eigenvalue weighted by Crippen LogP contribution is -2.06. The Bertz CT molecular complexity index is 2890. The van der Waals surface area contributed by atoms with Crippen LogP contribution in [-0.2, 0) is 0 Å². The quantitative estimate of drug-likeness (QED) is 0.167. The number of aromatic nitrogens is 1. The third-order valence-electron chi connectivity index (χ3n) is 10.5. The van der Waals surface area contributed by atoms with E-state index < -0.39 is 0 Å². The van der Waals surface area contributed by atoms with Gasteiger partial charge in [0, 0.05) is 47.1 Å². The highest BCUT2D eigenvalue weighted by atomic mass is 32.2. The molecule has 2 aliphatic heterocycles. The summed E-state index contributed by atoms with van der Waals surface area (Å²) in [6.45, 7) is 0. The first-order chi connectivity index (χ1) is 25.3. The summed E-state index contributed by atoms with van der Waals surface area (Å²) in [5, 5.41) is 7.65. The Morgan fingerprint density at radius 1 is 0.490 bits per heavy atom. The minimum Gasteiger partial charge on any atom is -0.309 e. The fourth-order valence-corrected chi connectivity index (χ4v) is 11.5. The highest BCUT2D eigenvalue weighted by molar-refractivity contribution is 8.20. The van der Waals surface area contributed by atoms with E-state index in [1.165, 1.54) is 86.9 Å². The SMILES string of the molecule is C1=CS2=C(CC1)c1ccccc1N2c1ccc2sc3ccc(-c4cccc(-c5cccc(-n6c7ccccc7c7ccccc76)c5)c4)cc3c2c1. The summed E-state index contributed by atoms with van der Waals surface area (Å²) in [6, 6.07) is 58.5. The first kappa shape index (κ1) is 29.1. The minimum atomic E-state index is -0.0448. The summed E-state index contributed by atoms with van der Waals surface area (Å²) in [5.74, 6) is 0. The van der Waals surface area contributed by atoms with E-state index in [9.17, 15) is 0 Å². The molecule has 0 aliphatic carbocycles. The Hall–Kier alpha value is -5.68. The number of hydrogen-bond donors (Lipinski definition) is 0. The van der Waals surface area contributed by atoms with Crippen LogP contribution in [0.25, 0.3) is 69.9 Å². The van der Waals surface area contributed by atoms with Crippen LogP contribution in [0.1, 0.15) is 18.4 Å². The van der Waals surface area contributed by atoms with Crippen molar-refractivity contribution in [2.75, 3.05) is 4.31 Å². The van der Waals surface area contributed by atoms with Gasteiger partial charge in [-0.15, -0.1) is 11.3 Å². The number of fused-ring (bicyclic) bond motifs is 8. The third kappa shape index (κ3) is 4.53. The summed E-state index contributed by atoms with van der Waals surface area (Å²) in [6.07, 6.45) is 4.64. The molecule has 0 saturated heterocycles. The highest BCUT2D eigenvalue weighted by Gasteiger charge is 2.29. The zero-order chi connectivity index (χ0) is 33.5. The van der Waals surface area contributed by atoms with Gasteiger partial charge in [-0.2, -0.15) is 0 Å². The number of anilines is 2. The van der Waals surface area contributed by atoms with Crippen molar-refractivity contribution in [2.24, 2.45) is 0 Å². The van der Waals surface area contributed by atoms with Crippen LogP contribution in [0.3, 0.4) is 0 Å². The second kappa shape index (κ2) is 11.4. The molecule has 242 valence electrons. The molecule has 2 aromatic heterocycles. The number of hydrogen-bond acceptors (Lipinski definition) is 2. The second-order valence-electron chi connectivity index (χ2n) is 13.5. The normalized spacial score (nSPS) is 15.3. The van der Waals surface area contributed by atoms with Crippen molar-refractivity contribution >= 4 is 80.2 Å². The molecule has 4 heteroatoms. The molecule has 51 heavy (non-hydrogen) atoms. The average Bonchev–Trinajstić information content (AvgIpc) is 3.85. The average molecular weight is 689 g/mol. The number of rotatable bonds is 4. The molecular formula is C47H32N2S2. The van der Waals surface area contributed by atoms with Crippen LogP contribution >= 0.6 is 22.0 Å². The van der Waals surface area contributed by atoms with Gasteiger partial charge in [-0.1, -0.05) is 108 Å². The van der Waals surface area contributed by atoms with Crippen molar-refractivity contribution < 1.29 is 0 Å². The molecule has 0 saturated carbocycles. The first-order valence-electron chi connectivity index (χ1n) is 17.6. The largest absolute Gasteiger partial charge is 0.309 e. The van der Waals surface area contributed by atoms with Crippen LogP contribution in [0.2, 0.25) is 0 Å². The molecule has 0 bridgehead atoms. The van der Waals surface area contributed by atoms with E-state index in [0.29, 0.717) is 0 Å². The van der Waals surface area contributed by atoms with Crippen LogP contribution in [0.15, 0.2) is 169 Å². The third-order valence-corrected chi connectivity index (χ3v) is 13.9. The van der Waals surface area contributed by atoms with Gasteiger partial charge in [-0.05, 0) is 107 Å². The molecule has 11 rings (SSSR count). The molecule has 2 nitrogen and oxygen atoms in total. The van der Waals surface area contributed by atoms with E-state index in [2.05, 4.69) is 178 Å². The minimum absolute atomic E-state index is 0.0448. The van der Waals surface area contributed by atoms with Gasteiger partial charge in [-0.3, -0.25) is 4.31 Å². The predicted molar refractivity (Wildman–Crippen MR) is 223 cm³/mol. The molecular weight excluding hydrogens is 657 g/mol. The van der Waals surface area contributed by atoms with Crippen molar-refractivity contribution in [1.82, 2.24) is 4.57 Å². The van der Waals surface area contributed by atoms with Crippen LogP contribution in [0, 0.1) is 0 Å². The van der Waals surface area contributed by atoms with E-state index in [-0.39, 0.29) is 10.7 Å². The maximum absolute atomic E-state index is 2.57. The van der Waals surface area contributed by atoms with Crippen LogP contribution in [-0.4, -0.2) is 9.43 Å². The summed E-state index contributed by atoms with van der Waals surface area (Å²) in [5.41, 5.74) is 12.6. The first-order valence-corrected chi connectivity index (χ1v) is 19.7. The molecule has 0 fully saturated rings. The van der Waals surface area contributed by atoms with Gasteiger partial charge in [0.1, 0.15) is 0 Å². The lowest BCUT2D eigenvalue weighted by atomic mass is 9.97. The number of benzene rings is 7. The lowest BCUT2D eigenvalue weighted by molar-refractivity contribution is 1.11. The number of nitrogens with zero attached hydrogens (tertiary/aromatic N) is 2. The van der Waals surface area contributed by atoms with E-state index in [1.807, 2.05) is 11.3 Å². The van der Waals surface area contributed by atoms with Crippen LogP contribution in [0.5, 0.6) is 0 Å². The zero-order valence-corrected chi connectivity index (χ0v) is 29.4. The topological polar surface area (TPSA) is 8.17 Å². The van der Waals surface area contributed by atoms with Crippen molar-refractivity contribution in [3.63, 3.8) is 0 Å². The fraction of sp³-hybridized carbons (Fsp3) is 0.0426. The Labute approximate surface area is 303 Å². The number of thiophene rings is 1. The van der Waals surface area contributed by atoms with Crippen molar-refractivity contribution in [3.8, 4) is 27.9 Å². The summed E-state index contributed by atoms with van der Waals surface area (Å²) < 4.78 is 7.63. The van der Waals surface area contributed by atoms with E-state index in [0.717, 1.165) is 12.8 Å². The van der Waals surface area contributed by atoms with E-state index in [4.69, 9.17) is 0 Å². The zero-order valence-electron chi connectivity index (χ0n) is 27.8. The van der Waals surface area contributed by atoms with Crippen molar-refractivity contribution in [3.05, 3.63) is 175 Å². The van der Waals surface area contributed by atoms with E-state index in [1.54, 1.807) is 4.86 Å². The molecule has 1 unspecified atom stereocenters. The molecule has 0 spiro atoms. The van der Waals surface area contributed by atoms with Gasteiger partial charge in [0.2, 0.25) is 0 Å². The summed E-state index contributed by atoms with van der Waals surface area (Å²) in [7, 11) is -0.0448. The fourth-order valence-electron chi connectivity index (χ4n) is 8.20. The van der Waals surface area contributed by atoms with Gasteiger partial charge in [-0.25, -0.2) is 0 Å². The molecule has 9 aromatic rings. The highest BCUT2D eigenvalue weighted by Crippen LogP contribution is 2.50. The Balaban J connectivity index is 0.994. The van der Waals surface area contributed by atoms with Gasteiger partial charge in [0.15, 0.2) is 0 Å². The molecule has 4 heterocycles. The smallest absolute Gasteiger partial charge is 0.0604 e. The van der Waals surface area contributed by atoms with Crippen LogP contribution < -0.4 is 4.31 Å². The van der Waals surface area contributed by atoms with E-state index >= 15 is 0 Å². The van der Waals surface area contributed by atoms with Crippen molar-refractivity contribution in [1.29, 1.82) is 0 Å². The lowest BCUT2D eigenvalue weighted by Gasteiger charge is -2.24. The van der Waals surface area contributed by atoms with Gasteiger partial charge < -0.3 is 4.57 Å². The molecule has 0 radical (unpaired) electrons. The molecule has 2 aliphatic rings. The Morgan fingerprint density at radius 3 is 1.94 bits per heavy atom. The van der Waals surface area contributed by atoms with Gasteiger partial charge >= 0.3 is 0 Å². The predicted octanol–water partition coefficient (Wildman–Crippen LogP) is 13.6. The monoisotopic (exact) mass is 688 g/mol. The maximum Gasteiger partial charge on any atom is 0.0604 e. The number of para-hydroxylation sites is 3. The Kier molecular flexibility index (Phi) is 6.52. The van der Waals surface area contributed by atoms with Gasteiger partial charge in [0.05, 0.1) is 22.4 Å². The summed E-state index contributed by atoms with van der Waals surface area (Å²) in [4.78, 5) is 1.58. The van der Waals surface area contributed by atoms with Gasteiger partial charge in [0.25, 0.3) is 0 Å². The van der Waals surface area contributed by atoms with Crippen LogP contribution in [0.4, 0.5) is 11.4 Å². The summed E-state index contributed by atoms with van der Waals surface area (Å²) >= 11 is 1.89. The molecule has 7 aromatic carbocycles. The molecule has 0 amide bonds. The Morgan fingerprint density at radius 2 is 1.14 bits per heavy atom. The molecule has 0 N–H and O–H groups in total. The van der Waals surface area contributed by atoms with Crippen molar-refractivity contribution in [2.45, 2.75) is 12.8 Å². The second-order valence-corrected chi connectivity index (χ2v) is 16.3. The molecule has 1 atom stereocenters. The number of allylic oxidation sites excluding steroid dienone is 1. The standard InChI is InChI=1S/C47H32N2S2/c1-4-18-42-37(15-1)38-16-2-5-19-43(38)48(42)35-14-10-13-33(28-35)31-11-9-12-32(27-31)34-22-24-45-40(29-34)41-30-36(23-25-46(41)50-45)49-44-20-6-3-17-39(44)47-21-7-8-26-51(47)49/h1-6,8-20,22-30H,7,21H2. The maximum atomic E-state index is 2.57.